The van der Waals surface area contributed by atoms with E-state index >= 15 is 0 Å². The molecule has 0 spiro atoms. The molecule has 1 unspecified atom stereocenters. The van der Waals surface area contributed by atoms with Crippen molar-refractivity contribution in [3.8, 4) is 17.2 Å². The Kier molecular flexibility index (Phi) is 5.32. The van der Waals surface area contributed by atoms with Crippen molar-refractivity contribution < 1.29 is 19.0 Å². The van der Waals surface area contributed by atoms with Crippen LogP contribution in [0.2, 0.25) is 10.0 Å². The monoisotopic (exact) mass is 407 g/mol. The fourth-order valence-corrected chi connectivity index (χ4v) is 3.76. The van der Waals surface area contributed by atoms with Gasteiger partial charge in [-0.3, -0.25) is 4.79 Å². The van der Waals surface area contributed by atoms with Crippen molar-refractivity contribution in [3.63, 3.8) is 0 Å². The Morgan fingerprint density at radius 3 is 2.70 bits per heavy atom. The number of fused-ring (bicyclic) bond motifs is 1. The van der Waals surface area contributed by atoms with Gasteiger partial charge in [0.05, 0.1) is 16.1 Å². The summed E-state index contributed by atoms with van der Waals surface area (Å²) in [5, 5.41) is 0.852. The van der Waals surface area contributed by atoms with Crippen LogP contribution in [0.25, 0.3) is 0 Å². The number of benzene rings is 2. The molecule has 0 saturated carbocycles. The average molecular weight is 408 g/mol. The summed E-state index contributed by atoms with van der Waals surface area (Å²) in [4.78, 5) is 14.6. The summed E-state index contributed by atoms with van der Waals surface area (Å²) < 4.78 is 16.9. The quantitative estimate of drug-likeness (QED) is 0.747. The van der Waals surface area contributed by atoms with E-state index in [0.29, 0.717) is 35.6 Å². The van der Waals surface area contributed by atoms with Gasteiger partial charge in [-0.2, -0.15) is 0 Å². The number of carbonyl (C=O) groups excluding carboxylic acids is 1. The number of carbonyl (C=O) groups is 1. The van der Waals surface area contributed by atoms with Gasteiger partial charge in [0.1, 0.15) is 19.0 Å². The molecule has 0 radical (unpaired) electrons. The predicted molar refractivity (Wildman–Crippen MR) is 103 cm³/mol. The Hall–Kier alpha value is -2.11. The smallest absolute Gasteiger partial charge is 0.261 e. The number of hydrogen-bond acceptors (Lipinski definition) is 4. The molecule has 7 heteroatoms. The van der Waals surface area contributed by atoms with Crippen LogP contribution in [0.4, 0.5) is 0 Å². The number of nitrogens with zero attached hydrogens (tertiary/aromatic N) is 1. The molecular formula is C20H19Cl2NO4. The molecular weight excluding hydrogens is 389 g/mol. The van der Waals surface area contributed by atoms with Crippen LogP contribution in [-0.4, -0.2) is 37.2 Å². The molecule has 2 aliphatic heterocycles. The van der Waals surface area contributed by atoms with Gasteiger partial charge < -0.3 is 19.1 Å². The van der Waals surface area contributed by atoms with Gasteiger partial charge in [0, 0.05) is 12.6 Å². The molecule has 0 bridgehead atoms. The Morgan fingerprint density at radius 2 is 1.89 bits per heavy atom. The minimum atomic E-state index is -0.0570. The van der Waals surface area contributed by atoms with Gasteiger partial charge in [-0.1, -0.05) is 29.3 Å². The zero-order valence-electron chi connectivity index (χ0n) is 14.6. The van der Waals surface area contributed by atoms with E-state index in [1.807, 2.05) is 23.1 Å². The van der Waals surface area contributed by atoms with Crippen molar-refractivity contribution in [2.24, 2.45) is 0 Å². The van der Waals surface area contributed by atoms with E-state index in [1.54, 1.807) is 18.2 Å². The van der Waals surface area contributed by atoms with Gasteiger partial charge in [-0.25, -0.2) is 0 Å². The van der Waals surface area contributed by atoms with Gasteiger partial charge in [-0.15, -0.1) is 0 Å². The Bertz CT molecular complexity index is 858. The standard InChI is InChI=1S/C20H19Cl2NO4/c21-15-5-4-14(11-16(15)22)27-12-20(24)23-7-1-2-17(23)13-3-6-18-19(10-13)26-9-8-25-18/h3-6,10-11,17H,1-2,7-9,12H2. The summed E-state index contributed by atoms with van der Waals surface area (Å²) in [6, 6.07) is 10.9. The Labute approximate surface area is 167 Å². The second kappa shape index (κ2) is 7.87. The number of halogens is 2. The topological polar surface area (TPSA) is 48.0 Å². The van der Waals surface area contributed by atoms with Crippen molar-refractivity contribution in [2.75, 3.05) is 26.4 Å². The summed E-state index contributed by atoms with van der Waals surface area (Å²) in [6.45, 7) is 1.77. The predicted octanol–water partition coefficient (Wildman–Crippen LogP) is 4.51. The van der Waals surface area contributed by atoms with Gasteiger partial charge >= 0.3 is 0 Å². The molecule has 2 aromatic rings. The van der Waals surface area contributed by atoms with E-state index in [2.05, 4.69) is 0 Å². The van der Waals surface area contributed by atoms with Crippen molar-refractivity contribution in [1.82, 2.24) is 4.90 Å². The van der Waals surface area contributed by atoms with Crippen molar-refractivity contribution >= 4 is 29.1 Å². The first-order valence-electron chi connectivity index (χ1n) is 8.89. The minimum absolute atomic E-state index is 0.0192. The maximum Gasteiger partial charge on any atom is 0.261 e. The second-order valence-corrected chi connectivity index (χ2v) is 7.33. The first-order valence-corrected chi connectivity index (χ1v) is 9.64. The van der Waals surface area contributed by atoms with Gasteiger partial charge in [0.2, 0.25) is 0 Å². The second-order valence-electron chi connectivity index (χ2n) is 6.51. The number of ether oxygens (including phenoxy) is 3. The first kappa shape index (κ1) is 18.3. The van der Waals surface area contributed by atoms with Crippen LogP contribution < -0.4 is 14.2 Å². The lowest BCUT2D eigenvalue weighted by molar-refractivity contribution is -0.134. The SMILES string of the molecule is O=C(COc1ccc(Cl)c(Cl)c1)N1CCCC1c1ccc2c(c1)OCCO2. The molecule has 2 heterocycles. The summed E-state index contributed by atoms with van der Waals surface area (Å²) in [5.41, 5.74) is 1.06. The van der Waals surface area contributed by atoms with Crippen LogP contribution in [0, 0.1) is 0 Å². The highest BCUT2D eigenvalue weighted by molar-refractivity contribution is 6.42. The summed E-state index contributed by atoms with van der Waals surface area (Å²) in [5.74, 6) is 1.96. The molecule has 142 valence electrons. The lowest BCUT2D eigenvalue weighted by Crippen LogP contribution is -2.34. The highest BCUT2D eigenvalue weighted by atomic mass is 35.5. The summed E-state index contributed by atoms with van der Waals surface area (Å²) in [6.07, 6.45) is 1.87. The van der Waals surface area contributed by atoms with E-state index in [-0.39, 0.29) is 18.6 Å². The molecule has 0 aliphatic carbocycles. The Balaban J connectivity index is 1.44. The van der Waals surface area contributed by atoms with Crippen molar-refractivity contribution in [3.05, 3.63) is 52.0 Å². The molecule has 27 heavy (non-hydrogen) atoms. The molecule has 2 aromatic carbocycles. The molecule has 2 aliphatic rings. The minimum Gasteiger partial charge on any atom is -0.486 e. The number of hydrogen-bond donors (Lipinski definition) is 0. The highest BCUT2D eigenvalue weighted by Crippen LogP contribution is 2.38. The van der Waals surface area contributed by atoms with E-state index in [1.165, 1.54) is 0 Å². The maximum absolute atomic E-state index is 12.7. The number of likely N-dealkylation sites (tertiary alicyclic amines) is 1. The van der Waals surface area contributed by atoms with Crippen LogP contribution >= 0.6 is 23.2 Å². The van der Waals surface area contributed by atoms with Crippen molar-refractivity contribution in [1.29, 1.82) is 0 Å². The molecule has 1 saturated heterocycles. The normalized spacial score (nSPS) is 18.4. The average Bonchev–Trinajstić information content (AvgIpc) is 3.18. The lowest BCUT2D eigenvalue weighted by Gasteiger charge is -2.26. The van der Waals surface area contributed by atoms with E-state index in [9.17, 15) is 4.79 Å². The van der Waals surface area contributed by atoms with E-state index in [0.717, 1.165) is 29.9 Å². The van der Waals surface area contributed by atoms with Crippen LogP contribution in [0.1, 0.15) is 24.4 Å². The zero-order chi connectivity index (χ0) is 18.8. The third kappa shape index (κ3) is 3.94. The number of rotatable bonds is 4. The van der Waals surface area contributed by atoms with Crippen LogP contribution in [0.3, 0.4) is 0 Å². The third-order valence-electron chi connectivity index (χ3n) is 4.78. The van der Waals surface area contributed by atoms with Crippen LogP contribution in [0.15, 0.2) is 36.4 Å². The van der Waals surface area contributed by atoms with E-state index in [4.69, 9.17) is 37.4 Å². The largest absolute Gasteiger partial charge is 0.486 e. The van der Waals surface area contributed by atoms with Crippen LogP contribution in [-0.2, 0) is 4.79 Å². The van der Waals surface area contributed by atoms with E-state index < -0.39 is 0 Å². The molecule has 1 amide bonds. The van der Waals surface area contributed by atoms with Gasteiger partial charge in [0.15, 0.2) is 18.1 Å². The molecule has 0 N–H and O–H groups in total. The molecule has 0 aromatic heterocycles. The summed E-state index contributed by atoms with van der Waals surface area (Å²) in [7, 11) is 0. The molecule has 1 fully saturated rings. The summed E-state index contributed by atoms with van der Waals surface area (Å²) >= 11 is 11.9. The maximum atomic E-state index is 12.7. The van der Waals surface area contributed by atoms with Gasteiger partial charge in [-0.05, 0) is 42.7 Å². The third-order valence-corrected chi connectivity index (χ3v) is 5.52. The first-order chi connectivity index (χ1) is 13.1. The highest BCUT2D eigenvalue weighted by Gasteiger charge is 2.31. The van der Waals surface area contributed by atoms with Crippen LogP contribution in [0.5, 0.6) is 17.2 Å². The fraction of sp³-hybridized carbons (Fsp3) is 0.350. The zero-order valence-corrected chi connectivity index (χ0v) is 16.1. The number of amides is 1. The fourth-order valence-electron chi connectivity index (χ4n) is 3.47. The molecule has 4 rings (SSSR count). The Morgan fingerprint density at radius 1 is 1.07 bits per heavy atom. The molecule has 1 atom stereocenters. The lowest BCUT2D eigenvalue weighted by atomic mass is 10.0. The molecule has 5 nitrogen and oxygen atoms in total. The van der Waals surface area contributed by atoms with Gasteiger partial charge in [0.25, 0.3) is 5.91 Å². The van der Waals surface area contributed by atoms with Crippen molar-refractivity contribution in [2.45, 2.75) is 18.9 Å².